The van der Waals surface area contributed by atoms with E-state index in [1.54, 1.807) is 19.0 Å². The van der Waals surface area contributed by atoms with Crippen LogP contribution >= 0.6 is 24.0 Å². The number of carbonyl (C=O) groups is 1. The number of likely N-dealkylation sites (N-methyl/N-ethyl adjacent to an activating group) is 1. The van der Waals surface area contributed by atoms with E-state index in [9.17, 15) is 4.79 Å². The fraction of sp³-hybridized carbons (Fsp3) is 0.696. The van der Waals surface area contributed by atoms with Crippen molar-refractivity contribution in [1.29, 1.82) is 0 Å². The molecule has 0 atom stereocenters. The number of aryl methyl sites for hydroxylation is 1. The number of aliphatic imine (C=N–C) groups is 1. The van der Waals surface area contributed by atoms with E-state index in [1.807, 2.05) is 6.20 Å². The van der Waals surface area contributed by atoms with Crippen molar-refractivity contribution in [2.24, 2.45) is 4.99 Å². The van der Waals surface area contributed by atoms with E-state index in [1.165, 1.54) is 5.56 Å². The van der Waals surface area contributed by atoms with E-state index in [0.29, 0.717) is 6.04 Å². The Labute approximate surface area is 215 Å². The number of carbonyl (C=O) groups excluding carboxylic acids is 1. The molecule has 3 heterocycles. The molecule has 9 nitrogen and oxygen atoms in total. The van der Waals surface area contributed by atoms with Crippen molar-refractivity contribution in [2.75, 3.05) is 78.0 Å². The second-order valence-corrected chi connectivity index (χ2v) is 8.79. The van der Waals surface area contributed by atoms with Crippen LogP contribution in [0.1, 0.15) is 24.8 Å². The van der Waals surface area contributed by atoms with E-state index in [4.69, 9.17) is 4.74 Å². The average Bonchev–Trinajstić information content (AvgIpc) is 2.81. The number of amides is 1. The fourth-order valence-corrected chi connectivity index (χ4v) is 3.87. The number of nitrogens with zero attached hydrogens (tertiary/aromatic N) is 5. The van der Waals surface area contributed by atoms with Gasteiger partial charge in [0.25, 0.3) is 0 Å². The Kier molecular flexibility index (Phi) is 12.2. The molecule has 1 amide bonds. The number of anilines is 1. The Morgan fingerprint density at radius 1 is 1.21 bits per heavy atom. The SMILES string of the molecule is Cc1ccc(N2CCC(NC(=NCC(=O)N(C)C)NCCCN3CCOCC3)CC2)nc1.I. The first-order valence-electron chi connectivity index (χ1n) is 11.7. The van der Waals surface area contributed by atoms with Crippen molar-refractivity contribution in [2.45, 2.75) is 32.2 Å². The summed E-state index contributed by atoms with van der Waals surface area (Å²) >= 11 is 0. The number of hydrogen-bond acceptors (Lipinski definition) is 6. The van der Waals surface area contributed by atoms with Gasteiger partial charge in [0.1, 0.15) is 12.4 Å². The number of rotatable bonds is 8. The van der Waals surface area contributed by atoms with Crippen molar-refractivity contribution >= 4 is 41.7 Å². The molecule has 0 aromatic carbocycles. The third-order valence-electron chi connectivity index (χ3n) is 5.97. The van der Waals surface area contributed by atoms with E-state index in [0.717, 1.165) is 83.5 Å². The van der Waals surface area contributed by atoms with Crippen LogP contribution in [-0.2, 0) is 9.53 Å². The molecular formula is C23H40IN7O2. The highest BCUT2D eigenvalue weighted by atomic mass is 127. The molecule has 0 spiro atoms. The van der Waals surface area contributed by atoms with Crippen LogP contribution in [0.25, 0.3) is 0 Å². The van der Waals surface area contributed by atoms with Gasteiger partial charge in [-0.3, -0.25) is 9.69 Å². The third kappa shape index (κ3) is 9.62. The molecule has 2 fully saturated rings. The Bertz CT molecular complexity index is 731. The fourth-order valence-electron chi connectivity index (χ4n) is 3.87. The molecule has 0 aliphatic carbocycles. The maximum atomic E-state index is 12.0. The molecular weight excluding hydrogens is 533 g/mol. The van der Waals surface area contributed by atoms with Crippen LogP contribution in [0, 0.1) is 6.92 Å². The number of ether oxygens (including phenoxy) is 1. The number of piperidine rings is 1. The van der Waals surface area contributed by atoms with Crippen molar-refractivity contribution in [3.05, 3.63) is 23.9 Å². The molecule has 1 aromatic rings. The zero-order valence-electron chi connectivity index (χ0n) is 20.3. The minimum atomic E-state index is -0.000295. The summed E-state index contributed by atoms with van der Waals surface area (Å²) in [5.74, 6) is 1.77. The lowest BCUT2D eigenvalue weighted by atomic mass is 10.1. The van der Waals surface area contributed by atoms with Crippen molar-refractivity contribution in [1.82, 2.24) is 25.4 Å². The molecule has 33 heavy (non-hydrogen) atoms. The van der Waals surface area contributed by atoms with Gasteiger partial charge < -0.3 is 25.2 Å². The Morgan fingerprint density at radius 2 is 1.94 bits per heavy atom. The van der Waals surface area contributed by atoms with Crippen LogP contribution in [0.3, 0.4) is 0 Å². The van der Waals surface area contributed by atoms with E-state index in [-0.39, 0.29) is 36.4 Å². The van der Waals surface area contributed by atoms with Crippen molar-refractivity contribution in [3.8, 4) is 0 Å². The normalized spacial score (nSPS) is 17.9. The molecule has 186 valence electrons. The first-order chi connectivity index (χ1) is 15.5. The summed E-state index contributed by atoms with van der Waals surface area (Å²) in [5.41, 5.74) is 1.18. The summed E-state index contributed by atoms with van der Waals surface area (Å²) in [6.45, 7) is 9.64. The van der Waals surface area contributed by atoms with E-state index in [2.05, 4.69) is 49.5 Å². The summed E-state index contributed by atoms with van der Waals surface area (Å²) in [4.78, 5) is 27.5. The van der Waals surface area contributed by atoms with Gasteiger partial charge >= 0.3 is 0 Å². The predicted octanol–water partition coefficient (Wildman–Crippen LogP) is 1.32. The largest absolute Gasteiger partial charge is 0.379 e. The highest BCUT2D eigenvalue weighted by molar-refractivity contribution is 14.0. The Balaban J connectivity index is 0.00000385. The minimum Gasteiger partial charge on any atom is -0.379 e. The van der Waals surface area contributed by atoms with Crippen LogP contribution < -0.4 is 15.5 Å². The summed E-state index contributed by atoms with van der Waals surface area (Å²) in [7, 11) is 3.52. The molecule has 2 N–H and O–H groups in total. The number of morpholine rings is 1. The van der Waals surface area contributed by atoms with Crippen molar-refractivity contribution < 1.29 is 9.53 Å². The molecule has 2 saturated heterocycles. The van der Waals surface area contributed by atoms with Gasteiger partial charge in [-0.25, -0.2) is 9.98 Å². The maximum absolute atomic E-state index is 12.0. The number of hydrogen-bond donors (Lipinski definition) is 2. The highest BCUT2D eigenvalue weighted by Gasteiger charge is 2.21. The quantitative estimate of drug-likeness (QED) is 0.210. The predicted molar refractivity (Wildman–Crippen MR) is 144 cm³/mol. The van der Waals surface area contributed by atoms with Gasteiger partial charge in [0.2, 0.25) is 5.91 Å². The number of pyridine rings is 1. The molecule has 1 aromatic heterocycles. The first kappa shape index (κ1) is 27.6. The van der Waals surface area contributed by atoms with Crippen LogP contribution in [0.2, 0.25) is 0 Å². The smallest absolute Gasteiger partial charge is 0.243 e. The van der Waals surface area contributed by atoms with Crippen molar-refractivity contribution in [3.63, 3.8) is 0 Å². The van der Waals surface area contributed by atoms with Gasteiger partial charge in [0, 0.05) is 59.1 Å². The summed E-state index contributed by atoms with van der Waals surface area (Å²) < 4.78 is 5.41. The molecule has 0 bridgehead atoms. The lowest BCUT2D eigenvalue weighted by molar-refractivity contribution is -0.127. The maximum Gasteiger partial charge on any atom is 0.243 e. The number of halogens is 1. The number of guanidine groups is 1. The molecule has 3 rings (SSSR count). The number of aromatic nitrogens is 1. The third-order valence-corrected chi connectivity index (χ3v) is 5.97. The number of nitrogens with one attached hydrogen (secondary N) is 2. The molecule has 2 aliphatic rings. The Hall–Kier alpha value is -1.66. The standard InChI is InChI=1S/C23H39N7O2.HI/c1-19-5-6-21(25-17-19)30-11-7-20(8-12-30)27-23(26-18-22(31)28(2)3)24-9-4-10-29-13-15-32-16-14-29;/h5-6,17,20H,4,7-16,18H2,1-3H3,(H2,24,26,27);1H. The molecule has 0 saturated carbocycles. The molecule has 0 radical (unpaired) electrons. The second kappa shape index (κ2) is 14.6. The first-order valence-corrected chi connectivity index (χ1v) is 11.7. The monoisotopic (exact) mass is 573 g/mol. The van der Waals surface area contributed by atoms with Gasteiger partial charge in [-0.2, -0.15) is 0 Å². The topological polar surface area (TPSA) is 85.3 Å². The van der Waals surface area contributed by atoms with Crippen LogP contribution in [0.5, 0.6) is 0 Å². The summed E-state index contributed by atoms with van der Waals surface area (Å²) in [6.07, 6.45) is 4.96. The van der Waals surface area contributed by atoms with Crippen LogP contribution in [0.15, 0.2) is 23.3 Å². The van der Waals surface area contributed by atoms with Gasteiger partial charge in [0.05, 0.1) is 13.2 Å². The zero-order valence-corrected chi connectivity index (χ0v) is 22.6. The summed E-state index contributed by atoms with van der Waals surface area (Å²) in [6, 6.07) is 4.54. The lowest BCUT2D eigenvalue weighted by Crippen LogP contribution is -2.49. The van der Waals surface area contributed by atoms with Gasteiger partial charge in [-0.15, -0.1) is 24.0 Å². The van der Waals surface area contributed by atoms with Crippen LogP contribution in [0.4, 0.5) is 5.82 Å². The molecule has 2 aliphatic heterocycles. The molecule has 10 heteroatoms. The molecule has 0 unspecified atom stereocenters. The average molecular weight is 574 g/mol. The second-order valence-electron chi connectivity index (χ2n) is 8.79. The lowest BCUT2D eigenvalue weighted by Gasteiger charge is -2.34. The van der Waals surface area contributed by atoms with Gasteiger partial charge in [-0.1, -0.05) is 6.07 Å². The minimum absolute atomic E-state index is 0. The highest BCUT2D eigenvalue weighted by Crippen LogP contribution is 2.18. The van der Waals surface area contributed by atoms with E-state index >= 15 is 0 Å². The van der Waals surface area contributed by atoms with Gasteiger partial charge in [0.15, 0.2) is 5.96 Å². The van der Waals surface area contributed by atoms with E-state index < -0.39 is 0 Å². The zero-order chi connectivity index (χ0) is 22.8. The van der Waals surface area contributed by atoms with Gasteiger partial charge in [-0.05, 0) is 44.4 Å². The summed E-state index contributed by atoms with van der Waals surface area (Å²) in [5, 5.41) is 6.99. The van der Waals surface area contributed by atoms with Crippen LogP contribution in [-0.4, -0.2) is 106 Å². The Morgan fingerprint density at radius 3 is 2.58 bits per heavy atom.